The highest BCUT2D eigenvalue weighted by Crippen LogP contribution is 2.41. The van der Waals surface area contributed by atoms with Crippen molar-refractivity contribution in [1.29, 1.82) is 0 Å². The average molecular weight is 445 g/mol. The standard InChI is InChI=1S/C26H28BNO5/c1-16-26(3,4)33-27(32-16)23-6-5-7-24(22(23)15-31-17(2)29)28-13-12-20-14-19(18-8-9-18)10-11-21(20)25(28)30/h5-7,10-11,14,18H,1,8-9,12-13,15H2,2-4H3. The third kappa shape index (κ3) is 4.06. The summed E-state index contributed by atoms with van der Waals surface area (Å²) in [5.74, 6) is 0.751. The lowest BCUT2D eigenvalue weighted by atomic mass is 9.75. The highest BCUT2D eigenvalue weighted by molar-refractivity contribution is 6.63. The summed E-state index contributed by atoms with van der Waals surface area (Å²) in [6.07, 6.45) is 3.25. The molecule has 170 valence electrons. The van der Waals surface area contributed by atoms with Crippen LogP contribution in [0.5, 0.6) is 0 Å². The smallest absolute Gasteiger partial charge is 0.534 e. The average Bonchev–Trinajstić information content (AvgIpc) is 3.58. The summed E-state index contributed by atoms with van der Waals surface area (Å²) >= 11 is 0. The number of carbonyl (C=O) groups excluding carboxylic acids is 2. The van der Waals surface area contributed by atoms with Gasteiger partial charge in [-0.2, -0.15) is 0 Å². The second kappa shape index (κ2) is 8.06. The first-order valence-electron chi connectivity index (χ1n) is 11.5. The van der Waals surface area contributed by atoms with E-state index in [2.05, 4.69) is 18.7 Å². The fourth-order valence-electron chi connectivity index (χ4n) is 4.56. The molecule has 2 aromatic rings. The molecule has 0 N–H and O–H groups in total. The fourth-order valence-corrected chi connectivity index (χ4v) is 4.56. The molecular weight excluding hydrogens is 417 g/mol. The van der Waals surface area contributed by atoms with Crippen LogP contribution in [0.1, 0.15) is 66.6 Å². The summed E-state index contributed by atoms with van der Waals surface area (Å²) in [4.78, 5) is 26.9. The minimum atomic E-state index is -0.689. The van der Waals surface area contributed by atoms with Crippen molar-refractivity contribution in [1.82, 2.24) is 0 Å². The van der Waals surface area contributed by atoms with Gasteiger partial charge in [-0.15, -0.1) is 0 Å². The number of hydrogen-bond donors (Lipinski definition) is 0. The maximum atomic E-state index is 13.5. The Morgan fingerprint density at radius 2 is 2.06 bits per heavy atom. The van der Waals surface area contributed by atoms with Crippen LogP contribution in [0, 0.1) is 0 Å². The molecule has 33 heavy (non-hydrogen) atoms. The van der Waals surface area contributed by atoms with E-state index in [-0.39, 0.29) is 12.5 Å². The molecule has 0 atom stereocenters. The number of ether oxygens (including phenoxy) is 1. The molecule has 3 aliphatic rings. The van der Waals surface area contributed by atoms with Crippen LogP contribution in [0.25, 0.3) is 0 Å². The molecule has 0 radical (unpaired) electrons. The third-order valence-electron chi connectivity index (χ3n) is 6.73. The van der Waals surface area contributed by atoms with Gasteiger partial charge in [0.2, 0.25) is 0 Å². The van der Waals surface area contributed by atoms with Gasteiger partial charge in [-0.05, 0) is 62.3 Å². The lowest BCUT2D eigenvalue weighted by Crippen LogP contribution is -2.42. The molecule has 2 heterocycles. The number of benzene rings is 2. The van der Waals surface area contributed by atoms with Crippen LogP contribution in [-0.4, -0.2) is 31.1 Å². The molecule has 0 spiro atoms. The summed E-state index contributed by atoms with van der Waals surface area (Å²) in [6.45, 7) is 9.70. The van der Waals surface area contributed by atoms with E-state index in [0.717, 1.165) is 23.0 Å². The van der Waals surface area contributed by atoms with Crippen LogP contribution in [-0.2, 0) is 31.9 Å². The summed E-state index contributed by atoms with van der Waals surface area (Å²) in [6, 6.07) is 11.9. The highest BCUT2D eigenvalue weighted by Gasteiger charge is 2.44. The largest absolute Gasteiger partial charge is 0.563 e. The number of fused-ring (bicyclic) bond motifs is 1. The van der Waals surface area contributed by atoms with E-state index in [9.17, 15) is 9.59 Å². The molecule has 1 amide bonds. The van der Waals surface area contributed by atoms with E-state index in [1.165, 1.54) is 25.3 Å². The van der Waals surface area contributed by atoms with Gasteiger partial charge in [0.05, 0.1) is 11.4 Å². The summed E-state index contributed by atoms with van der Waals surface area (Å²) in [7, 11) is -0.689. The Bertz CT molecular complexity index is 1150. The molecule has 0 aromatic heterocycles. The Morgan fingerprint density at radius 3 is 2.73 bits per heavy atom. The van der Waals surface area contributed by atoms with Crippen LogP contribution >= 0.6 is 0 Å². The predicted octanol–water partition coefficient (Wildman–Crippen LogP) is 3.86. The van der Waals surface area contributed by atoms with E-state index in [4.69, 9.17) is 14.0 Å². The number of anilines is 1. The number of esters is 1. The molecule has 1 saturated heterocycles. The Balaban J connectivity index is 1.51. The minimum absolute atomic E-state index is 0.0220. The summed E-state index contributed by atoms with van der Waals surface area (Å²) < 4.78 is 17.4. The number of rotatable bonds is 5. The van der Waals surface area contributed by atoms with E-state index in [1.807, 2.05) is 38.1 Å². The highest BCUT2D eigenvalue weighted by atomic mass is 16.7. The van der Waals surface area contributed by atoms with Crippen molar-refractivity contribution in [3.05, 3.63) is 71.0 Å². The second-order valence-electron chi connectivity index (χ2n) is 9.52. The first-order valence-corrected chi connectivity index (χ1v) is 11.5. The molecule has 5 rings (SSSR count). The molecular formula is C26H28BNO5. The van der Waals surface area contributed by atoms with Crippen molar-refractivity contribution in [2.75, 3.05) is 11.4 Å². The normalized spacial score (nSPS) is 19.4. The van der Waals surface area contributed by atoms with Crippen molar-refractivity contribution in [3.8, 4) is 0 Å². The van der Waals surface area contributed by atoms with Gasteiger partial charge in [0.25, 0.3) is 5.91 Å². The SMILES string of the molecule is C=C1OB(c2cccc(N3CCc4cc(C5CC5)ccc4C3=O)c2COC(C)=O)OC1(C)C. The van der Waals surface area contributed by atoms with E-state index >= 15 is 0 Å². The lowest BCUT2D eigenvalue weighted by molar-refractivity contribution is -0.142. The first kappa shape index (κ1) is 21.8. The zero-order chi connectivity index (χ0) is 23.3. The van der Waals surface area contributed by atoms with Gasteiger partial charge in [-0.3, -0.25) is 9.59 Å². The van der Waals surface area contributed by atoms with Gasteiger partial charge in [0.1, 0.15) is 12.2 Å². The zero-order valence-electron chi connectivity index (χ0n) is 19.3. The maximum Gasteiger partial charge on any atom is 0.563 e. The number of carbonyl (C=O) groups is 2. The van der Waals surface area contributed by atoms with Crippen molar-refractivity contribution < 1.29 is 23.6 Å². The van der Waals surface area contributed by atoms with Crippen molar-refractivity contribution in [3.63, 3.8) is 0 Å². The van der Waals surface area contributed by atoms with Crippen molar-refractivity contribution in [2.24, 2.45) is 0 Å². The first-order chi connectivity index (χ1) is 15.7. The number of nitrogens with zero attached hydrogens (tertiary/aromatic N) is 1. The molecule has 2 fully saturated rings. The molecule has 2 aromatic carbocycles. The minimum Gasteiger partial charge on any atom is -0.534 e. The molecule has 0 unspecified atom stereocenters. The van der Waals surface area contributed by atoms with Crippen LogP contribution in [0.2, 0.25) is 0 Å². The van der Waals surface area contributed by atoms with Gasteiger partial charge in [0, 0.05) is 30.1 Å². The Labute approximate surface area is 194 Å². The fraction of sp³-hybridized carbons (Fsp3) is 0.385. The van der Waals surface area contributed by atoms with E-state index < -0.39 is 18.7 Å². The number of hydrogen-bond acceptors (Lipinski definition) is 5. The van der Waals surface area contributed by atoms with Crippen molar-refractivity contribution in [2.45, 2.75) is 58.2 Å². The van der Waals surface area contributed by atoms with Gasteiger partial charge >= 0.3 is 13.1 Å². The van der Waals surface area contributed by atoms with Gasteiger partial charge < -0.3 is 18.9 Å². The second-order valence-corrected chi connectivity index (χ2v) is 9.52. The van der Waals surface area contributed by atoms with Crippen molar-refractivity contribution >= 4 is 30.1 Å². The Morgan fingerprint density at radius 1 is 1.27 bits per heavy atom. The van der Waals surface area contributed by atoms with Crippen LogP contribution in [0.15, 0.2) is 48.7 Å². The molecule has 1 aliphatic carbocycles. The van der Waals surface area contributed by atoms with Crippen LogP contribution in [0.4, 0.5) is 5.69 Å². The molecule has 1 saturated carbocycles. The quantitative estimate of drug-likeness (QED) is 0.517. The van der Waals surface area contributed by atoms with Gasteiger partial charge in [0.15, 0.2) is 0 Å². The van der Waals surface area contributed by atoms with Gasteiger partial charge in [-0.25, -0.2) is 0 Å². The van der Waals surface area contributed by atoms with E-state index in [0.29, 0.717) is 29.5 Å². The number of amides is 1. The molecule has 6 nitrogen and oxygen atoms in total. The van der Waals surface area contributed by atoms with Crippen LogP contribution < -0.4 is 10.4 Å². The monoisotopic (exact) mass is 445 g/mol. The lowest BCUT2D eigenvalue weighted by Gasteiger charge is -2.31. The summed E-state index contributed by atoms with van der Waals surface area (Å²) in [5.41, 5.74) is 4.68. The van der Waals surface area contributed by atoms with Gasteiger partial charge in [-0.1, -0.05) is 30.8 Å². The zero-order valence-corrected chi connectivity index (χ0v) is 19.3. The maximum absolute atomic E-state index is 13.5. The van der Waals surface area contributed by atoms with E-state index in [1.54, 1.807) is 4.90 Å². The van der Waals surface area contributed by atoms with Crippen LogP contribution in [0.3, 0.4) is 0 Å². The Hall–Kier alpha value is -3.06. The summed E-state index contributed by atoms with van der Waals surface area (Å²) in [5, 5.41) is 0. The predicted molar refractivity (Wildman–Crippen MR) is 126 cm³/mol. The Kier molecular flexibility index (Phi) is 5.32. The topological polar surface area (TPSA) is 65.1 Å². The third-order valence-corrected chi connectivity index (χ3v) is 6.73. The molecule has 0 bridgehead atoms. The molecule has 7 heteroatoms. The molecule has 2 aliphatic heterocycles.